The summed E-state index contributed by atoms with van der Waals surface area (Å²) in [6.07, 6.45) is 3.77. The molecule has 1 aromatic rings. The fraction of sp³-hybridized carbons (Fsp3) is 0.571. The maximum Gasteiger partial charge on any atom is 0.0582 e. The summed E-state index contributed by atoms with van der Waals surface area (Å²) in [5, 5.41) is 9.38. The highest BCUT2D eigenvalue weighted by Gasteiger charge is 2.41. The molecule has 3 heteroatoms. The minimum absolute atomic E-state index is 0.210. The van der Waals surface area contributed by atoms with E-state index in [-0.39, 0.29) is 11.6 Å². The van der Waals surface area contributed by atoms with Crippen LogP contribution in [-0.4, -0.2) is 24.3 Å². The van der Waals surface area contributed by atoms with Crippen molar-refractivity contribution < 1.29 is 5.11 Å². The molecule has 0 spiro atoms. The molecule has 0 aromatic heterocycles. The number of benzene rings is 1. The van der Waals surface area contributed by atoms with E-state index in [1.807, 2.05) is 0 Å². The van der Waals surface area contributed by atoms with E-state index in [0.717, 1.165) is 5.56 Å². The van der Waals surface area contributed by atoms with Crippen LogP contribution in [0.15, 0.2) is 24.3 Å². The van der Waals surface area contributed by atoms with Crippen LogP contribution in [0.5, 0.6) is 0 Å². The average Bonchev–Trinajstić information content (AvgIpc) is 2.81. The van der Waals surface area contributed by atoms with Gasteiger partial charge in [0.25, 0.3) is 0 Å². The Balaban J connectivity index is 1.76. The first-order valence-electron chi connectivity index (χ1n) is 6.50. The third-order valence-corrected chi connectivity index (χ3v) is 4.11. The first-order chi connectivity index (χ1) is 8.17. The van der Waals surface area contributed by atoms with Crippen molar-refractivity contribution in [2.75, 3.05) is 18.0 Å². The molecule has 2 fully saturated rings. The fourth-order valence-electron chi connectivity index (χ4n) is 3.00. The second kappa shape index (κ2) is 4.00. The highest BCUT2D eigenvalue weighted by Crippen LogP contribution is 2.39. The van der Waals surface area contributed by atoms with Crippen LogP contribution in [0.3, 0.4) is 0 Å². The molecular formula is C14H20N2O. The minimum Gasteiger partial charge on any atom is -0.393 e. The summed E-state index contributed by atoms with van der Waals surface area (Å²) >= 11 is 0. The molecule has 0 radical (unpaired) electrons. The number of aliphatic hydroxyl groups is 1. The molecule has 3 rings (SSSR count). The highest BCUT2D eigenvalue weighted by molar-refractivity contribution is 5.49. The lowest BCUT2D eigenvalue weighted by Gasteiger charge is -2.42. The van der Waals surface area contributed by atoms with Gasteiger partial charge in [-0.25, -0.2) is 0 Å². The molecule has 0 unspecified atom stereocenters. The Morgan fingerprint density at radius 2 is 1.71 bits per heavy atom. The molecule has 1 saturated heterocycles. The maximum atomic E-state index is 9.38. The van der Waals surface area contributed by atoms with Crippen molar-refractivity contribution in [1.29, 1.82) is 0 Å². The van der Waals surface area contributed by atoms with Crippen molar-refractivity contribution in [3.05, 3.63) is 29.8 Å². The second-order valence-corrected chi connectivity index (χ2v) is 5.46. The van der Waals surface area contributed by atoms with Gasteiger partial charge in [0.15, 0.2) is 0 Å². The van der Waals surface area contributed by atoms with Crippen molar-refractivity contribution in [3.63, 3.8) is 0 Å². The van der Waals surface area contributed by atoms with E-state index in [1.54, 1.807) is 0 Å². The van der Waals surface area contributed by atoms with E-state index in [0.29, 0.717) is 12.8 Å². The van der Waals surface area contributed by atoms with E-state index >= 15 is 0 Å². The molecule has 3 nitrogen and oxygen atoms in total. The summed E-state index contributed by atoms with van der Waals surface area (Å²) in [5.74, 6) is 0. The summed E-state index contributed by atoms with van der Waals surface area (Å²) < 4.78 is 0. The lowest BCUT2D eigenvalue weighted by Crippen LogP contribution is -2.51. The van der Waals surface area contributed by atoms with Crippen LogP contribution in [0.4, 0.5) is 5.69 Å². The van der Waals surface area contributed by atoms with Crippen LogP contribution in [-0.2, 0) is 5.54 Å². The van der Waals surface area contributed by atoms with Crippen LogP contribution in [0, 0.1) is 0 Å². The minimum atomic E-state index is -0.289. The van der Waals surface area contributed by atoms with E-state index in [2.05, 4.69) is 29.2 Å². The Hall–Kier alpha value is -1.06. The van der Waals surface area contributed by atoms with Crippen molar-refractivity contribution in [2.24, 2.45) is 5.73 Å². The van der Waals surface area contributed by atoms with Gasteiger partial charge in [0, 0.05) is 24.3 Å². The van der Waals surface area contributed by atoms with Crippen LogP contribution >= 0.6 is 0 Å². The second-order valence-electron chi connectivity index (χ2n) is 5.46. The SMILES string of the molecule is NC1(c2ccc(N3CCCC3)cc2)CC(O)C1. The summed E-state index contributed by atoms with van der Waals surface area (Å²) in [6, 6.07) is 8.58. The topological polar surface area (TPSA) is 49.5 Å². The zero-order valence-electron chi connectivity index (χ0n) is 10.1. The third kappa shape index (κ3) is 1.94. The monoisotopic (exact) mass is 232 g/mol. The first-order valence-corrected chi connectivity index (χ1v) is 6.50. The zero-order valence-corrected chi connectivity index (χ0v) is 10.1. The molecule has 0 amide bonds. The van der Waals surface area contributed by atoms with Gasteiger partial charge in [0.2, 0.25) is 0 Å². The van der Waals surface area contributed by atoms with Gasteiger partial charge in [-0.15, -0.1) is 0 Å². The summed E-state index contributed by atoms with van der Waals surface area (Å²) in [6.45, 7) is 2.34. The number of hydrogen-bond donors (Lipinski definition) is 2. The van der Waals surface area contributed by atoms with Gasteiger partial charge in [-0.2, -0.15) is 0 Å². The average molecular weight is 232 g/mol. The molecule has 1 aliphatic carbocycles. The first kappa shape index (κ1) is 11.1. The smallest absolute Gasteiger partial charge is 0.0582 e. The third-order valence-electron chi connectivity index (χ3n) is 4.11. The summed E-state index contributed by atoms with van der Waals surface area (Å²) in [5.41, 5.74) is 8.41. The van der Waals surface area contributed by atoms with Crippen molar-refractivity contribution in [2.45, 2.75) is 37.3 Å². The van der Waals surface area contributed by atoms with Gasteiger partial charge in [0.05, 0.1) is 6.10 Å². The van der Waals surface area contributed by atoms with Gasteiger partial charge in [0.1, 0.15) is 0 Å². The Kier molecular flexibility index (Phi) is 2.60. The molecule has 2 aliphatic rings. The Bertz CT molecular complexity index is 389. The van der Waals surface area contributed by atoms with E-state index < -0.39 is 0 Å². The number of aliphatic hydroxyl groups excluding tert-OH is 1. The van der Waals surface area contributed by atoms with Gasteiger partial charge in [-0.1, -0.05) is 12.1 Å². The molecule has 0 bridgehead atoms. The Morgan fingerprint density at radius 3 is 2.24 bits per heavy atom. The molecule has 0 atom stereocenters. The van der Waals surface area contributed by atoms with Crippen LogP contribution < -0.4 is 10.6 Å². The predicted octanol–water partition coefficient (Wildman–Crippen LogP) is 1.60. The lowest BCUT2D eigenvalue weighted by molar-refractivity contribution is 0.0209. The molecule has 1 saturated carbocycles. The molecule has 1 aliphatic heterocycles. The molecule has 1 heterocycles. The standard InChI is InChI=1S/C14H20N2O/c15-14(9-13(17)10-14)11-3-5-12(6-4-11)16-7-1-2-8-16/h3-6,13,17H,1-2,7-10,15H2. The maximum absolute atomic E-state index is 9.38. The highest BCUT2D eigenvalue weighted by atomic mass is 16.3. The van der Waals surface area contributed by atoms with Crippen LogP contribution in [0.1, 0.15) is 31.2 Å². The fourth-order valence-corrected chi connectivity index (χ4v) is 3.00. The van der Waals surface area contributed by atoms with Crippen molar-refractivity contribution >= 4 is 5.69 Å². The number of rotatable bonds is 2. The zero-order chi connectivity index (χ0) is 11.9. The Morgan fingerprint density at radius 1 is 1.12 bits per heavy atom. The van der Waals surface area contributed by atoms with Crippen molar-refractivity contribution in [3.8, 4) is 0 Å². The largest absolute Gasteiger partial charge is 0.393 e. The van der Waals surface area contributed by atoms with E-state index in [1.165, 1.54) is 31.6 Å². The number of anilines is 1. The van der Waals surface area contributed by atoms with E-state index in [4.69, 9.17) is 5.73 Å². The number of nitrogens with zero attached hydrogens (tertiary/aromatic N) is 1. The quantitative estimate of drug-likeness (QED) is 0.814. The summed E-state index contributed by atoms with van der Waals surface area (Å²) in [7, 11) is 0. The van der Waals surface area contributed by atoms with E-state index in [9.17, 15) is 5.11 Å². The predicted molar refractivity (Wildman–Crippen MR) is 69.0 cm³/mol. The lowest BCUT2D eigenvalue weighted by atomic mass is 9.70. The van der Waals surface area contributed by atoms with Gasteiger partial charge in [-0.05, 0) is 43.4 Å². The molecule has 1 aromatic carbocycles. The van der Waals surface area contributed by atoms with Gasteiger partial charge < -0.3 is 15.7 Å². The molecule has 92 valence electrons. The number of nitrogens with two attached hydrogens (primary N) is 1. The molecular weight excluding hydrogens is 212 g/mol. The van der Waals surface area contributed by atoms with Crippen LogP contribution in [0.25, 0.3) is 0 Å². The van der Waals surface area contributed by atoms with Gasteiger partial charge >= 0.3 is 0 Å². The van der Waals surface area contributed by atoms with Gasteiger partial charge in [-0.3, -0.25) is 0 Å². The summed E-state index contributed by atoms with van der Waals surface area (Å²) in [4.78, 5) is 2.42. The molecule has 3 N–H and O–H groups in total. The Labute approximate surface area is 102 Å². The molecule has 17 heavy (non-hydrogen) atoms. The van der Waals surface area contributed by atoms with Crippen LogP contribution in [0.2, 0.25) is 0 Å². The number of hydrogen-bond acceptors (Lipinski definition) is 3. The van der Waals surface area contributed by atoms with Crippen molar-refractivity contribution in [1.82, 2.24) is 0 Å². The normalized spacial score (nSPS) is 32.6.